The van der Waals surface area contributed by atoms with Gasteiger partial charge >= 0.3 is 0 Å². The monoisotopic (exact) mass is 130 g/mol. The topological polar surface area (TPSA) is 64.3 Å². The summed E-state index contributed by atoms with van der Waals surface area (Å²) in [4.78, 5) is 0. The highest BCUT2D eigenvalue weighted by Crippen LogP contribution is 2.24. The maximum atomic E-state index is 8.96. The molecule has 53 valence electrons. The van der Waals surface area contributed by atoms with E-state index in [9.17, 15) is 0 Å². The van der Waals surface area contributed by atoms with Crippen LogP contribution in [0.3, 0.4) is 0 Å². The van der Waals surface area contributed by atoms with Crippen LogP contribution in [0, 0.1) is 0 Å². The van der Waals surface area contributed by atoms with E-state index in [0.29, 0.717) is 25.7 Å². The molecule has 3 N–H and O–H groups in total. The number of hydrogen-bond acceptors (Lipinski definition) is 2. The Balaban J connectivity index is 2.35. The highest BCUT2D eigenvalue weighted by atomic mass is 16.5. The second-order valence-electron chi connectivity index (χ2n) is 2.76. The fraction of sp³-hybridized carbons (Fsp3) is 1.00. The molecule has 0 atom stereocenters. The van der Waals surface area contributed by atoms with Crippen molar-refractivity contribution in [1.82, 2.24) is 5.73 Å². The van der Waals surface area contributed by atoms with Crippen LogP contribution in [0.15, 0.2) is 0 Å². The van der Waals surface area contributed by atoms with Crippen LogP contribution in [0.1, 0.15) is 25.7 Å². The lowest BCUT2D eigenvalue weighted by Gasteiger charge is -2.28. The van der Waals surface area contributed by atoms with Crippen molar-refractivity contribution in [3.63, 3.8) is 0 Å². The van der Waals surface area contributed by atoms with Crippen molar-refractivity contribution in [3.8, 4) is 0 Å². The molecule has 0 aromatic heterocycles. The molecule has 0 aromatic carbocycles. The van der Waals surface area contributed by atoms with E-state index in [1.807, 2.05) is 0 Å². The van der Waals surface area contributed by atoms with Crippen LogP contribution < -0.4 is 5.73 Å². The molecule has 0 saturated heterocycles. The fourth-order valence-electron chi connectivity index (χ4n) is 1.08. The van der Waals surface area contributed by atoms with Crippen molar-refractivity contribution < 1.29 is 10.2 Å². The predicted octanol–water partition coefficient (Wildman–Crippen LogP) is -0.107. The van der Waals surface area contributed by atoms with Gasteiger partial charge in [-0.25, -0.2) is 0 Å². The Morgan fingerprint density at radius 2 is 1.67 bits per heavy atom. The van der Waals surface area contributed by atoms with E-state index in [0.717, 1.165) is 0 Å². The minimum Gasteiger partial charge on any atom is -0.366 e. The summed E-state index contributed by atoms with van der Waals surface area (Å²) in [5, 5.41) is 17.9. The number of aliphatic hydroxyl groups is 2. The van der Waals surface area contributed by atoms with Crippen LogP contribution in [0.25, 0.3) is 0 Å². The Bertz CT molecular complexity index is 93.2. The number of rotatable bonds is 0. The van der Waals surface area contributed by atoms with Crippen LogP contribution in [-0.2, 0) is 0 Å². The van der Waals surface area contributed by atoms with Crippen LogP contribution in [0.2, 0.25) is 0 Å². The van der Waals surface area contributed by atoms with Gasteiger partial charge in [0.1, 0.15) is 0 Å². The summed E-state index contributed by atoms with van der Waals surface area (Å²) in [5.74, 6) is -1.46. The van der Waals surface area contributed by atoms with E-state index in [1.54, 1.807) is 0 Å². The summed E-state index contributed by atoms with van der Waals surface area (Å²) in [6.07, 6.45) is 1.96. The summed E-state index contributed by atoms with van der Waals surface area (Å²) < 4.78 is 0. The first-order valence-electron chi connectivity index (χ1n) is 3.26. The molecule has 0 aromatic rings. The molecule has 0 heterocycles. The van der Waals surface area contributed by atoms with Crippen LogP contribution in [-0.4, -0.2) is 22.0 Å². The van der Waals surface area contributed by atoms with Crippen molar-refractivity contribution >= 4 is 0 Å². The van der Waals surface area contributed by atoms with E-state index in [2.05, 4.69) is 0 Å². The average molecular weight is 130 g/mol. The van der Waals surface area contributed by atoms with Gasteiger partial charge in [-0.15, -0.1) is 0 Å². The summed E-state index contributed by atoms with van der Waals surface area (Å²) in [6.45, 7) is 0. The molecule has 1 radical (unpaired) electrons. The highest BCUT2D eigenvalue weighted by molar-refractivity contribution is 4.77. The molecule has 0 spiro atoms. The lowest BCUT2D eigenvalue weighted by Crippen LogP contribution is -2.35. The molecule has 1 aliphatic rings. The first kappa shape index (κ1) is 6.99. The van der Waals surface area contributed by atoms with Crippen molar-refractivity contribution in [2.24, 2.45) is 0 Å². The molecule has 1 rings (SSSR count). The lowest BCUT2D eigenvalue weighted by molar-refractivity contribution is -0.182. The molecule has 1 aliphatic carbocycles. The van der Waals surface area contributed by atoms with E-state index in [1.165, 1.54) is 0 Å². The Morgan fingerprint density at radius 3 is 2.00 bits per heavy atom. The van der Waals surface area contributed by atoms with E-state index < -0.39 is 5.79 Å². The molecule has 0 unspecified atom stereocenters. The van der Waals surface area contributed by atoms with Gasteiger partial charge in [0.05, 0.1) is 0 Å². The smallest absolute Gasteiger partial charge is 0.162 e. The molecular weight excluding hydrogens is 118 g/mol. The quantitative estimate of drug-likeness (QED) is 0.449. The SMILES string of the molecule is [NH]C1CCC(O)(O)CC1. The molecule has 0 aliphatic heterocycles. The van der Waals surface area contributed by atoms with Crippen LogP contribution in [0.5, 0.6) is 0 Å². The first-order chi connectivity index (χ1) is 4.10. The Hall–Kier alpha value is -0.120. The van der Waals surface area contributed by atoms with Gasteiger partial charge in [0.2, 0.25) is 0 Å². The minimum absolute atomic E-state index is 0.0718. The lowest BCUT2D eigenvalue weighted by atomic mass is 9.91. The van der Waals surface area contributed by atoms with E-state index in [-0.39, 0.29) is 6.04 Å². The first-order valence-corrected chi connectivity index (χ1v) is 3.26. The Kier molecular flexibility index (Phi) is 1.75. The molecule has 1 saturated carbocycles. The maximum Gasteiger partial charge on any atom is 0.162 e. The van der Waals surface area contributed by atoms with Crippen LogP contribution in [0.4, 0.5) is 0 Å². The third-order valence-electron chi connectivity index (χ3n) is 1.79. The predicted molar refractivity (Wildman–Crippen MR) is 32.5 cm³/mol. The standard InChI is InChI=1S/C6H12NO2/c7-5-1-3-6(8,9)4-2-5/h5,7-9H,1-4H2. The molecule has 9 heavy (non-hydrogen) atoms. The summed E-state index contributed by atoms with van der Waals surface area (Å²) in [7, 11) is 0. The maximum absolute atomic E-state index is 8.96. The van der Waals surface area contributed by atoms with Gasteiger partial charge in [-0.2, -0.15) is 0 Å². The average Bonchev–Trinajstić information content (AvgIpc) is 1.78. The number of nitrogens with one attached hydrogen (secondary N) is 1. The highest BCUT2D eigenvalue weighted by Gasteiger charge is 2.28. The molecular formula is C6H12NO2. The van der Waals surface area contributed by atoms with Crippen molar-refractivity contribution in [3.05, 3.63) is 0 Å². The van der Waals surface area contributed by atoms with Gasteiger partial charge < -0.3 is 10.2 Å². The second-order valence-corrected chi connectivity index (χ2v) is 2.76. The van der Waals surface area contributed by atoms with Crippen molar-refractivity contribution in [1.29, 1.82) is 0 Å². The van der Waals surface area contributed by atoms with Gasteiger partial charge in [0.25, 0.3) is 0 Å². The van der Waals surface area contributed by atoms with Gasteiger partial charge in [-0.1, -0.05) is 0 Å². The molecule has 0 amide bonds. The van der Waals surface area contributed by atoms with Gasteiger partial charge in [-0.05, 0) is 12.8 Å². The zero-order chi connectivity index (χ0) is 6.91. The second kappa shape index (κ2) is 2.25. The zero-order valence-electron chi connectivity index (χ0n) is 5.30. The molecule has 3 heteroatoms. The van der Waals surface area contributed by atoms with Crippen molar-refractivity contribution in [2.75, 3.05) is 0 Å². The largest absolute Gasteiger partial charge is 0.366 e. The van der Waals surface area contributed by atoms with Gasteiger partial charge in [0, 0.05) is 18.9 Å². The number of hydrogen-bond donors (Lipinski definition) is 2. The molecule has 0 bridgehead atoms. The minimum atomic E-state index is -1.46. The normalized spacial score (nSPS) is 28.3. The molecule has 3 nitrogen and oxygen atoms in total. The summed E-state index contributed by atoms with van der Waals surface area (Å²) >= 11 is 0. The van der Waals surface area contributed by atoms with Gasteiger partial charge in [-0.3, -0.25) is 5.73 Å². The van der Waals surface area contributed by atoms with Crippen LogP contribution >= 0.6 is 0 Å². The summed E-state index contributed by atoms with van der Waals surface area (Å²) in [6, 6.07) is -0.0718. The van der Waals surface area contributed by atoms with Gasteiger partial charge in [0.15, 0.2) is 5.79 Å². The Morgan fingerprint density at radius 1 is 1.22 bits per heavy atom. The Labute approximate surface area is 54.5 Å². The van der Waals surface area contributed by atoms with E-state index in [4.69, 9.17) is 15.9 Å². The third kappa shape index (κ3) is 1.93. The van der Waals surface area contributed by atoms with E-state index >= 15 is 0 Å². The fourth-order valence-corrected chi connectivity index (χ4v) is 1.08. The zero-order valence-corrected chi connectivity index (χ0v) is 5.30. The third-order valence-corrected chi connectivity index (χ3v) is 1.79. The van der Waals surface area contributed by atoms with Crippen molar-refractivity contribution in [2.45, 2.75) is 37.5 Å². The summed E-state index contributed by atoms with van der Waals surface area (Å²) in [5.41, 5.74) is 7.23. The molecule has 1 fully saturated rings.